The summed E-state index contributed by atoms with van der Waals surface area (Å²) in [4.78, 5) is 0. The second-order valence-electron chi connectivity index (χ2n) is 5.42. The molecule has 0 spiro atoms. The molecule has 2 unspecified atom stereocenters. The zero-order valence-electron chi connectivity index (χ0n) is 10.6. The van der Waals surface area contributed by atoms with Crippen molar-refractivity contribution in [3.63, 3.8) is 0 Å². The number of aromatic nitrogens is 2. The average Bonchev–Trinajstić information content (AvgIpc) is 2.98. The number of aliphatic hydroxyl groups excluding tert-OH is 1. The normalized spacial score (nSPS) is 27.6. The topological polar surface area (TPSA) is 38.0 Å². The number of nitrogens with zero attached hydrogens (tertiary/aromatic N) is 2. The average molecular weight is 242 g/mol. The van der Waals surface area contributed by atoms with Crippen LogP contribution in [0.25, 0.3) is 5.69 Å². The Morgan fingerprint density at radius 3 is 2.72 bits per heavy atom. The number of benzene rings is 1. The SMILES string of the molecule is CC1(c2ccnn2-c2ccccc2)CCC(O)C1. The molecule has 3 heteroatoms. The molecule has 94 valence electrons. The third kappa shape index (κ3) is 1.85. The lowest BCUT2D eigenvalue weighted by Crippen LogP contribution is -2.23. The van der Waals surface area contributed by atoms with Crippen molar-refractivity contribution < 1.29 is 5.11 Å². The molecule has 0 saturated heterocycles. The maximum Gasteiger partial charge on any atom is 0.0649 e. The van der Waals surface area contributed by atoms with Gasteiger partial charge in [0.2, 0.25) is 0 Å². The van der Waals surface area contributed by atoms with Gasteiger partial charge in [0, 0.05) is 11.6 Å². The number of hydrogen-bond acceptors (Lipinski definition) is 2. The summed E-state index contributed by atoms with van der Waals surface area (Å²) in [5, 5.41) is 14.2. The lowest BCUT2D eigenvalue weighted by molar-refractivity contribution is 0.174. The summed E-state index contributed by atoms with van der Waals surface area (Å²) in [5.74, 6) is 0. The molecule has 0 aliphatic heterocycles. The van der Waals surface area contributed by atoms with Gasteiger partial charge in [-0.25, -0.2) is 4.68 Å². The van der Waals surface area contributed by atoms with Crippen LogP contribution in [-0.4, -0.2) is 21.0 Å². The summed E-state index contributed by atoms with van der Waals surface area (Å²) in [6, 6.07) is 12.2. The molecule has 1 N–H and O–H groups in total. The fourth-order valence-corrected chi connectivity index (χ4v) is 2.98. The van der Waals surface area contributed by atoms with Crippen LogP contribution in [0.3, 0.4) is 0 Å². The molecule has 0 amide bonds. The highest BCUT2D eigenvalue weighted by atomic mass is 16.3. The molecule has 1 aliphatic rings. The van der Waals surface area contributed by atoms with E-state index in [9.17, 15) is 5.11 Å². The standard InChI is InChI=1S/C15H18N2O/c1-15(9-7-13(18)11-15)14-8-10-16-17(14)12-5-3-2-4-6-12/h2-6,8,10,13,18H,7,9,11H2,1H3. The number of para-hydroxylation sites is 1. The second-order valence-corrected chi connectivity index (χ2v) is 5.42. The molecule has 0 bridgehead atoms. The Balaban J connectivity index is 2.02. The zero-order valence-corrected chi connectivity index (χ0v) is 10.6. The van der Waals surface area contributed by atoms with Crippen molar-refractivity contribution in [2.45, 2.75) is 37.7 Å². The lowest BCUT2D eigenvalue weighted by atomic mass is 9.85. The van der Waals surface area contributed by atoms with Crippen LogP contribution in [-0.2, 0) is 5.41 Å². The van der Waals surface area contributed by atoms with Crippen LogP contribution in [0.1, 0.15) is 31.9 Å². The quantitative estimate of drug-likeness (QED) is 0.879. The van der Waals surface area contributed by atoms with Crippen molar-refractivity contribution in [1.29, 1.82) is 0 Å². The van der Waals surface area contributed by atoms with Crippen molar-refractivity contribution in [1.82, 2.24) is 9.78 Å². The van der Waals surface area contributed by atoms with Gasteiger partial charge in [0.25, 0.3) is 0 Å². The minimum Gasteiger partial charge on any atom is -0.393 e. The molecule has 1 aromatic heterocycles. The Hall–Kier alpha value is -1.61. The van der Waals surface area contributed by atoms with Gasteiger partial charge in [0.15, 0.2) is 0 Å². The van der Waals surface area contributed by atoms with Gasteiger partial charge in [-0.05, 0) is 37.5 Å². The first-order chi connectivity index (χ1) is 8.69. The van der Waals surface area contributed by atoms with Crippen molar-refractivity contribution in [2.75, 3.05) is 0 Å². The zero-order chi connectivity index (χ0) is 12.6. The third-order valence-electron chi connectivity index (χ3n) is 3.98. The van der Waals surface area contributed by atoms with Crippen molar-refractivity contribution >= 4 is 0 Å². The van der Waals surface area contributed by atoms with E-state index < -0.39 is 0 Å². The van der Waals surface area contributed by atoms with Crippen LogP contribution in [0.15, 0.2) is 42.6 Å². The van der Waals surface area contributed by atoms with Crippen LogP contribution in [0, 0.1) is 0 Å². The number of rotatable bonds is 2. The first-order valence-electron chi connectivity index (χ1n) is 6.47. The maximum atomic E-state index is 9.80. The second kappa shape index (κ2) is 4.25. The minimum atomic E-state index is -0.172. The van der Waals surface area contributed by atoms with E-state index in [2.05, 4.69) is 30.2 Å². The predicted molar refractivity (Wildman–Crippen MR) is 70.8 cm³/mol. The molecule has 1 aliphatic carbocycles. The molecule has 0 radical (unpaired) electrons. The van der Waals surface area contributed by atoms with E-state index in [0.29, 0.717) is 0 Å². The molecule has 18 heavy (non-hydrogen) atoms. The van der Waals surface area contributed by atoms with Crippen molar-refractivity contribution in [3.05, 3.63) is 48.3 Å². The van der Waals surface area contributed by atoms with Crippen molar-refractivity contribution in [2.24, 2.45) is 0 Å². The molecule has 3 rings (SSSR count). The number of aliphatic hydroxyl groups is 1. The van der Waals surface area contributed by atoms with E-state index in [1.807, 2.05) is 29.1 Å². The molecule has 3 nitrogen and oxygen atoms in total. The van der Waals surface area contributed by atoms with Gasteiger partial charge in [-0.3, -0.25) is 0 Å². The summed E-state index contributed by atoms with van der Waals surface area (Å²) >= 11 is 0. The van der Waals surface area contributed by atoms with E-state index in [-0.39, 0.29) is 11.5 Å². The van der Waals surface area contributed by atoms with Crippen LogP contribution in [0.4, 0.5) is 0 Å². The predicted octanol–water partition coefficient (Wildman–Crippen LogP) is 2.67. The Bertz CT molecular complexity index is 534. The Kier molecular flexibility index (Phi) is 2.71. The van der Waals surface area contributed by atoms with Crippen LogP contribution in [0.2, 0.25) is 0 Å². The van der Waals surface area contributed by atoms with Crippen LogP contribution >= 0.6 is 0 Å². The largest absolute Gasteiger partial charge is 0.393 e. The minimum absolute atomic E-state index is 0.0335. The van der Waals surface area contributed by atoms with Gasteiger partial charge in [0.05, 0.1) is 17.5 Å². The maximum absolute atomic E-state index is 9.80. The van der Waals surface area contributed by atoms with Gasteiger partial charge in [0.1, 0.15) is 0 Å². The van der Waals surface area contributed by atoms with Crippen LogP contribution in [0.5, 0.6) is 0 Å². The first kappa shape index (κ1) is 11.5. The molecular weight excluding hydrogens is 224 g/mol. The van der Waals surface area contributed by atoms with Gasteiger partial charge in [-0.1, -0.05) is 25.1 Å². The van der Waals surface area contributed by atoms with Crippen LogP contribution < -0.4 is 0 Å². The highest BCUT2D eigenvalue weighted by Gasteiger charge is 2.38. The highest BCUT2D eigenvalue weighted by molar-refractivity contribution is 5.35. The Labute approximate surface area is 107 Å². The molecule has 1 fully saturated rings. The van der Waals surface area contributed by atoms with Gasteiger partial charge in [-0.2, -0.15) is 5.10 Å². The van der Waals surface area contributed by atoms with E-state index in [1.165, 1.54) is 5.69 Å². The smallest absolute Gasteiger partial charge is 0.0649 e. The molecule has 1 aromatic carbocycles. The first-order valence-corrected chi connectivity index (χ1v) is 6.47. The summed E-state index contributed by atoms with van der Waals surface area (Å²) in [6.45, 7) is 2.22. The summed E-state index contributed by atoms with van der Waals surface area (Å²) in [5.41, 5.74) is 2.32. The van der Waals surface area contributed by atoms with E-state index in [4.69, 9.17) is 0 Å². The summed E-state index contributed by atoms with van der Waals surface area (Å²) in [6.07, 6.45) is 4.40. The fraction of sp³-hybridized carbons (Fsp3) is 0.400. The van der Waals surface area contributed by atoms with E-state index in [0.717, 1.165) is 24.9 Å². The highest BCUT2D eigenvalue weighted by Crippen LogP contribution is 2.41. The van der Waals surface area contributed by atoms with Gasteiger partial charge >= 0.3 is 0 Å². The molecule has 2 atom stereocenters. The summed E-state index contributed by atoms with van der Waals surface area (Å²) in [7, 11) is 0. The van der Waals surface area contributed by atoms with E-state index >= 15 is 0 Å². The molecule has 2 aromatic rings. The monoisotopic (exact) mass is 242 g/mol. The van der Waals surface area contributed by atoms with E-state index in [1.54, 1.807) is 0 Å². The van der Waals surface area contributed by atoms with Gasteiger partial charge < -0.3 is 5.11 Å². The van der Waals surface area contributed by atoms with Gasteiger partial charge in [-0.15, -0.1) is 0 Å². The molecule has 1 heterocycles. The Morgan fingerprint density at radius 2 is 2.06 bits per heavy atom. The van der Waals surface area contributed by atoms with Crippen molar-refractivity contribution in [3.8, 4) is 5.69 Å². The molecular formula is C15H18N2O. The Morgan fingerprint density at radius 1 is 1.28 bits per heavy atom. The third-order valence-corrected chi connectivity index (χ3v) is 3.98. The summed E-state index contributed by atoms with van der Waals surface area (Å²) < 4.78 is 2.00. The molecule has 1 saturated carbocycles. The number of hydrogen-bond donors (Lipinski definition) is 1. The lowest BCUT2D eigenvalue weighted by Gasteiger charge is -2.24. The fourth-order valence-electron chi connectivity index (χ4n) is 2.98.